The summed E-state index contributed by atoms with van der Waals surface area (Å²) >= 11 is 0. The maximum absolute atomic E-state index is 12.1. The molecule has 1 fully saturated rings. The van der Waals surface area contributed by atoms with E-state index in [4.69, 9.17) is 0 Å². The van der Waals surface area contributed by atoms with Crippen LogP contribution in [-0.4, -0.2) is 17.9 Å². The smallest absolute Gasteiger partial charge is 0.406 e. The Balaban J connectivity index is 1.68. The van der Waals surface area contributed by atoms with Crippen LogP contribution in [0, 0.1) is 0 Å². The minimum atomic E-state index is -4.65. The van der Waals surface area contributed by atoms with Gasteiger partial charge in [-0.3, -0.25) is 4.98 Å². The SMILES string of the molecule is FC(F)(F)Oc1ccc(N2C[C@@H]2c2ccncc2)cc1. The molecular formula is C14H11F3N2O. The Bertz CT molecular complexity index is 584. The third-order valence-electron chi connectivity index (χ3n) is 3.11. The molecule has 1 saturated heterocycles. The standard InChI is InChI=1S/C14H11F3N2O/c15-14(16,17)20-12-3-1-11(2-4-12)19-9-13(19)10-5-7-18-8-6-10/h1-8,13H,9H2/t13-,19?/m1/s1. The molecule has 2 aromatic rings. The van der Waals surface area contributed by atoms with Crippen molar-refractivity contribution >= 4 is 5.69 Å². The van der Waals surface area contributed by atoms with Gasteiger partial charge in [-0.1, -0.05) is 0 Å². The van der Waals surface area contributed by atoms with E-state index in [-0.39, 0.29) is 11.8 Å². The molecule has 1 aliphatic heterocycles. The van der Waals surface area contributed by atoms with Gasteiger partial charge in [-0.15, -0.1) is 13.2 Å². The molecule has 104 valence electrons. The Morgan fingerprint density at radius 2 is 1.70 bits per heavy atom. The lowest BCUT2D eigenvalue weighted by Gasteiger charge is -2.10. The van der Waals surface area contributed by atoms with Gasteiger partial charge >= 0.3 is 6.36 Å². The molecule has 0 spiro atoms. The molecule has 3 nitrogen and oxygen atoms in total. The van der Waals surface area contributed by atoms with Gasteiger partial charge in [0, 0.05) is 24.6 Å². The Morgan fingerprint density at radius 1 is 1.05 bits per heavy atom. The molecule has 6 heteroatoms. The van der Waals surface area contributed by atoms with E-state index in [0.717, 1.165) is 17.8 Å². The predicted molar refractivity (Wildman–Crippen MR) is 67.4 cm³/mol. The maximum atomic E-state index is 12.1. The Labute approximate surface area is 113 Å². The highest BCUT2D eigenvalue weighted by Crippen LogP contribution is 2.40. The number of anilines is 1. The quantitative estimate of drug-likeness (QED) is 0.804. The number of aromatic nitrogens is 1. The summed E-state index contributed by atoms with van der Waals surface area (Å²) < 4.78 is 40.0. The summed E-state index contributed by atoms with van der Waals surface area (Å²) in [4.78, 5) is 6.05. The number of hydrogen-bond acceptors (Lipinski definition) is 3. The van der Waals surface area contributed by atoms with Crippen LogP contribution in [0.5, 0.6) is 5.75 Å². The minimum Gasteiger partial charge on any atom is -0.406 e. The molecule has 3 rings (SSSR count). The van der Waals surface area contributed by atoms with E-state index in [9.17, 15) is 13.2 Å². The first-order chi connectivity index (χ1) is 9.53. The van der Waals surface area contributed by atoms with Crippen molar-refractivity contribution in [2.45, 2.75) is 12.4 Å². The zero-order valence-electron chi connectivity index (χ0n) is 10.3. The first-order valence-electron chi connectivity index (χ1n) is 6.05. The summed E-state index contributed by atoms with van der Waals surface area (Å²) in [6.07, 6.45) is -1.20. The number of halogens is 3. The third kappa shape index (κ3) is 2.84. The van der Waals surface area contributed by atoms with Crippen molar-refractivity contribution in [2.24, 2.45) is 0 Å². The molecule has 1 aromatic carbocycles. The maximum Gasteiger partial charge on any atom is 0.573 e. The third-order valence-corrected chi connectivity index (χ3v) is 3.11. The predicted octanol–water partition coefficient (Wildman–Crippen LogP) is 3.54. The van der Waals surface area contributed by atoms with Crippen molar-refractivity contribution in [3.63, 3.8) is 0 Å². The fourth-order valence-electron chi connectivity index (χ4n) is 2.13. The van der Waals surface area contributed by atoms with Crippen molar-refractivity contribution in [1.29, 1.82) is 0 Å². The summed E-state index contributed by atoms with van der Waals surface area (Å²) in [6.45, 7) is 0.851. The molecule has 0 aliphatic carbocycles. The highest BCUT2D eigenvalue weighted by molar-refractivity contribution is 5.57. The van der Waals surface area contributed by atoms with Crippen LogP contribution in [0.15, 0.2) is 48.8 Å². The average Bonchev–Trinajstić information content (AvgIpc) is 3.19. The van der Waals surface area contributed by atoms with Crippen LogP contribution in [0.2, 0.25) is 0 Å². The molecule has 2 heterocycles. The number of pyridine rings is 1. The van der Waals surface area contributed by atoms with E-state index in [1.165, 1.54) is 12.1 Å². The average molecular weight is 280 g/mol. The van der Waals surface area contributed by atoms with Gasteiger partial charge in [0.1, 0.15) is 5.75 Å². The topological polar surface area (TPSA) is 25.1 Å². The van der Waals surface area contributed by atoms with Crippen molar-refractivity contribution in [3.05, 3.63) is 54.4 Å². The summed E-state index contributed by atoms with van der Waals surface area (Å²) in [5.41, 5.74) is 2.02. The Morgan fingerprint density at radius 3 is 2.30 bits per heavy atom. The monoisotopic (exact) mass is 280 g/mol. The van der Waals surface area contributed by atoms with E-state index in [1.807, 2.05) is 12.1 Å². The summed E-state index contributed by atoms with van der Waals surface area (Å²) in [5, 5.41) is 0. The van der Waals surface area contributed by atoms with Gasteiger partial charge < -0.3 is 9.64 Å². The minimum absolute atomic E-state index is 0.205. The van der Waals surface area contributed by atoms with Gasteiger partial charge in [-0.2, -0.15) is 0 Å². The number of ether oxygens (including phenoxy) is 1. The van der Waals surface area contributed by atoms with Gasteiger partial charge in [0.25, 0.3) is 0 Å². The fraction of sp³-hybridized carbons (Fsp3) is 0.214. The molecule has 20 heavy (non-hydrogen) atoms. The molecule has 1 atom stereocenters. The molecular weight excluding hydrogens is 269 g/mol. The molecule has 0 radical (unpaired) electrons. The second-order valence-electron chi connectivity index (χ2n) is 4.49. The van der Waals surface area contributed by atoms with Gasteiger partial charge in [-0.05, 0) is 42.0 Å². The normalized spacial score (nSPS) is 17.9. The molecule has 1 aliphatic rings. The first-order valence-corrected chi connectivity index (χ1v) is 6.05. The largest absolute Gasteiger partial charge is 0.573 e. The van der Waals surface area contributed by atoms with Crippen molar-refractivity contribution in [1.82, 2.24) is 4.98 Å². The van der Waals surface area contributed by atoms with Crippen LogP contribution in [0.3, 0.4) is 0 Å². The van der Waals surface area contributed by atoms with Gasteiger partial charge in [0.2, 0.25) is 0 Å². The van der Waals surface area contributed by atoms with E-state index < -0.39 is 6.36 Å². The lowest BCUT2D eigenvalue weighted by molar-refractivity contribution is -0.274. The number of nitrogens with zero attached hydrogens (tertiary/aromatic N) is 2. The summed E-state index contributed by atoms with van der Waals surface area (Å²) in [7, 11) is 0. The number of alkyl halides is 3. The molecule has 0 bridgehead atoms. The van der Waals surface area contributed by atoms with Gasteiger partial charge in [0.05, 0.1) is 6.04 Å². The molecule has 0 N–H and O–H groups in total. The fourth-order valence-corrected chi connectivity index (χ4v) is 2.13. The zero-order valence-corrected chi connectivity index (χ0v) is 10.3. The van der Waals surface area contributed by atoms with Crippen molar-refractivity contribution in [2.75, 3.05) is 11.4 Å². The van der Waals surface area contributed by atoms with E-state index >= 15 is 0 Å². The van der Waals surface area contributed by atoms with Crippen LogP contribution in [0.1, 0.15) is 11.6 Å². The Hall–Kier alpha value is -2.24. The van der Waals surface area contributed by atoms with Crippen molar-refractivity contribution in [3.8, 4) is 5.75 Å². The van der Waals surface area contributed by atoms with Gasteiger partial charge in [-0.25, -0.2) is 0 Å². The molecule has 0 unspecified atom stereocenters. The van der Waals surface area contributed by atoms with Gasteiger partial charge in [0.15, 0.2) is 0 Å². The van der Waals surface area contributed by atoms with Crippen LogP contribution < -0.4 is 9.64 Å². The lowest BCUT2D eigenvalue weighted by atomic mass is 10.2. The number of hydrogen-bond donors (Lipinski definition) is 0. The van der Waals surface area contributed by atoms with Crippen molar-refractivity contribution < 1.29 is 17.9 Å². The zero-order chi connectivity index (χ0) is 14.2. The number of benzene rings is 1. The van der Waals surface area contributed by atoms with E-state index in [2.05, 4.69) is 14.6 Å². The number of rotatable bonds is 3. The molecule has 0 amide bonds. The first kappa shape index (κ1) is 12.8. The molecule has 0 saturated carbocycles. The second-order valence-corrected chi connectivity index (χ2v) is 4.49. The van der Waals surface area contributed by atoms with Crippen LogP contribution >= 0.6 is 0 Å². The second kappa shape index (κ2) is 4.70. The van der Waals surface area contributed by atoms with Crippen LogP contribution in [0.25, 0.3) is 0 Å². The summed E-state index contributed by atoms with van der Waals surface area (Å²) in [6, 6.07) is 10.0. The van der Waals surface area contributed by atoms with Crippen LogP contribution in [0.4, 0.5) is 18.9 Å². The summed E-state index contributed by atoms with van der Waals surface area (Å²) in [5.74, 6) is -0.205. The lowest BCUT2D eigenvalue weighted by Crippen LogP contribution is -2.17. The van der Waals surface area contributed by atoms with Crippen LogP contribution in [-0.2, 0) is 0 Å². The highest BCUT2D eigenvalue weighted by Gasteiger charge is 2.36. The van der Waals surface area contributed by atoms with E-state index in [1.54, 1.807) is 24.5 Å². The Kier molecular flexibility index (Phi) is 3.00. The highest BCUT2D eigenvalue weighted by atomic mass is 19.4. The molecule has 1 aromatic heterocycles. The van der Waals surface area contributed by atoms with E-state index in [0.29, 0.717) is 0 Å².